The number of alkyl halides is 1. The largest absolute Gasteiger partial charge is 0.357 e. The monoisotopic (exact) mass is 309 g/mol. The first-order valence-corrected chi connectivity index (χ1v) is 7.48. The third kappa shape index (κ3) is 4.97. The van der Waals surface area contributed by atoms with Crippen LogP contribution in [-0.4, -0.2) is 18.6 Å². The van der Waals surface area contributed by atoms with Crippen LogP contribution in [0.1, 0.15) is 32.3 Å². The van der Waals surface area contributed by atoms with Gasteiger partial charge in [-0.15, -0.1) is 11.6 Å². The molecule has 114 valence electrons. The van der Waals surface area contributed by atoms with Crippen LogP contribution >= 0.6 is 11.6 Å². The van der Waals surface area contributed by atoms with Crippen LogP contribution in [0, 0.1) is 5.82 Å². The Bertz CT molecular complexity index is 538. The minimum absolute atomic E-state index is 0.230. The lowest BCUT2D eigenvalue weighted by Gasteiger charge is -2.13. The summed E-state index contributed by atoms with van der Waals surface area (Å²) in [5.41, 5.74) is 2.39. The molecule has 0 atom stereocenters. The summed E-state index contributed by atoms with van der Waals surface area (Å²) >= 11 is 5.77. The number of rotatable bonds is 7. The smallest absolute Gasteiger partial charge is 0.128 e. The van der Waals surface area contributed by atoms with E-state index < -0.39 is 0 Å². The van der Waals surface area contributed by atoms with Gasteiger partial charge in [-0.25, -0.2) is 4.39 Å². The molecule has 0 aromatic heterocycles. The molecule has 0 saturated carbocycles. The quantitative estimate of drug-likeness (QED) is 0.347. The van der Waals surface area contributed by atoms with Crippen LogP contribution in [0.2, 0.25) is 0 Å². The Labute approximate surface area is 130 Å². The van der Waals surface area contributed by atoms with E-state index in [-0.39, 0.29) is 18.4 Å². The number of aliphatic imine (C=N–C) groups is 2. The van der Waals surface area contributed by atoms with Gasteiger partial charge in [-0.05, 0) is 25.6 Å². The normalized spacial score (nSPS) is 12.9. The van der Waals surface area contributed by atoms with Crippen molar-refractivity contribution in [3.63, 3.8) is 0 Å². The third-order valence-corrected chi connectivity index (χ3v) is 3.25. The van der Waals surface area contributed by atoms with Crippen LogP contribution in [-0.2, 0) is 6.54 Å². The third-order valence-electron chi connectivity index (χ3n) is 3.11. The Morgan fingerprint density at radius 1 is 1.29 bits per heavy atom. The summed E-state index contributed by atoms with van der Waals surface area (Å²) in [7, 11) is 0. The van der Waals surface area contributed by atoms with Gasteiger partial charge in [-0.1, -0.05) is 32.0 Å². The Morgan fingerprint density at radius 3 is 2.52 bits per heavy atom. The van der Waals surface area contributed by atoms with Crippen LogP contribution in [0.15, 0.2) is 45.5 Å². The number of hydrogen-bond acceptors (Lipinski definition) is 2. The molecule has 3 nitrogen and oxygen atoms in total. The van der Waals surface area contributed by atoms with Gasteiger partial charge in [0.2, 0.25) is 0 Å². The Hall–Kier alpha value is -1.68. The first-order valence-electron chi connectivity index (χ1n) is 6.94. The molecular weight excluding hydrogens is 289 g/mol. The molecule has 21 heavy (non-hydrogen) atoms. The Morgan fingerprint density at radius 2 is 2.00 bits per heavy atom. The molecule has 0 fully saturated rings. The summed E-state index contributed by atoms with van der Waals surface area (Å²) in [6.07, 6.45) is 1.51. The average molecular weight is 310 g/mol. The molecule has 0 heterocycles. The highest BCUT2D eigenvalue weighted by Gasteiger charge is 2.10. The number of nitrogens with zero attached hydrogens (tertiary/aromatic N) is 2. The van der Waals surface area contributed by atoms with Gasteiger partial charge < -0.3 is 5.32 Å². The van der Waals surface area contributed by atoms with Gasteiger partial charge in [0.1, 0.15) is 11.7 Å². The molecule has 1 rings (SSSR count). The maximum absolute atomic E-state index is 13.6. The van der Waals surface area contributed by atoms with Crippen molar-refractivity contribution in [3.05, 3.63) is 46.9 Å². The van der Waals surface area contributed by atoms with Crippen molar-refractivity contribution >= 4 is 24.2 Å². The zero-order valence-corrected chi connectivity index (χ0v) is 13.3. The van der Waals surface area contributed by atoms with E-state index in [2.05, 4.69) is 22.0 Å². The zero-order valence-electron chi connectivity index (χ0n) is 12.5. The van der Waals surface area contributed by atoms with Gasteiger partial charge in [0, 0.05) is 16.8 Å². The molecule has 0 aliphatic rings. The highest BCUT2D eigenvalue weighted by molar-refractivity contribution is 6.19. The van der Waals surface area contributed by atoms with Crippen molar-refractivity contribution in [2.24, 2.45) is 9.98 Å². The van der Waals surface area contributed by atoms with Crippen molar-refractivity contribution in [1.82, 2.24) is 5.32 Å². The van der Waals surface area contributed by atoms with E-state index in [0.29, 0.717) is 11.4 Å². The van der Waals surface area contributed by atoms with Gasteiger partial charge in [0.05, 0.1) is 12.5 Å². The van der Waals surface area contributed by atoms with E-state index in [4.69, 9.17) is 11.6 Å². The standard InChI is InChI=1S/C16H21ClFN3/c1-4-13(15(5-2)19-3)16(21-11-17)20-10-12-8-6-7-9-14(12)18/h6-9H,3-5,10-11H2,1-2H3,(H,20,21)/b15-13-. The summed E-state index contributed by atoms with van der Waals surface area (Å²) in [5, 5.41) is 3.02. The van der Waals surface area contributed by atoms with Gasteiger partial charge in [0.15, 0.2) is 0 Å². The second-order valence-corrected chi connectivity index (χ2v) is 4.62. The van der Waals surface area contributed by atoms with E-state index >= 15 is 0 Å². The first kappa shape index (κ1) is 17.4. The van der Waals surface area contributed by atoms with Crippen LogP contribution in [0.4, 0.5) is 4.39 Å². The second-order valence-electron chi connectivity index (χ2n) is 4.36. The van der Waals surface area contributed by atoms with Gasteiger partial charge in [0.25, 0.3) is 0 Å². The molecule has 0 amide bonds. The number of benzene rings is 1. The molecular formula is C16H21ClFN3. The Kier molecular flexibility index (Phi) is 7.69. The first-order chi connectivity index (χ1) is 10.2. The molecule has 0 saturated heterocycles. The fourth-order valence-corrected chi connectivity index (χ4v) is 2.17. The topological polar surface area (TPSA) is 36.8 Å². The molecule has 0 radical (unpaired) electrons. The predicted molar refractivity (Wildman–Crippen MR) is 88.6 cm³/mol. The van der Waals surface area contributed by atoms with E-state index in [1.165, 1.54) is 6.07 Å². The molecule has 0 spiro atoms. The predicted octanol–water partition coefficient (Wildman–Crippen LogP) is 4.28. The molecule has 0 aliphatic heterocycles. The molecule has 5 heteroatoms. The lowest BCUT2D eigenvalue weighted by atomic mass is 10.1. The second kappa shape index (κ2) is 9.29. The highest BCUT2D eigenvalue weighted by atomic mass is 35.5. The number of amidine groups is 1. The van der Waals surface area contributed by atoms with Crippen molar-refractivity contribution in [2.45, 2.75) is 33.2 Å². The zero-order chi connectivity index (χ0) is 15.7. The number of allylic oxidation sites excluding steroid dienone is 1. The number of nitrogens with one attached hydrogen (secondary N) is 1. The van der Waals surface area contributed by atoms with E-state index in [9.17, 15) is 4.39 Å². The maximum atomic E-state index is 13.6. The molecule has 1 N–H and O–H groups in total. The summed E-state index contributed by atoms with van der Waals surface area (Å²) in [6, 6.07) is 6.84. The lowest BCUT2D eigenvalue weighted by Crippen LogP contribution is -2.25. The van der Waals surface area contributed by atoms with Crippen molar-refractivity contribution in [2.75, 3.05) is 6.00 Å². The maximum Gasteiger partial charge on any atom is 0.128 e. The fraction of sp³-hybridized carbons (Fsp3) is 0.375. The highest BCUT2D eigenvalue weighted by Crippen LogP contribution is 2.16. The molecule has 1 aromatic carbocycles. The van der Waals surface area contributed by atoms with Crippen LogP contribution < -0.4 is 5.32 Å². The molecule has 0 unspecified atom stereocenters. The van der Waals surface area contributed by atoms with Crippen LogP contribution in [0.5, 0.6) is 0 Å². The summed E-state index contributed by atoms with van der Waals surface area (Å²) in [6.45, 7) is 7.87. The Balaban J connectivity index is 3.10. The summed E-state index contributed by atoms with van der Waals surface area (Å²) in [5.74, 6) is 0.395. The minimum atomic E-state index is -0.258. The van der Waals surface area contributed by atoms with Crippen molar-refractivity contribution in [3.8, 4) is 0 Å². The summed E-state index contributed by atoms with van der Waals surface area (Å²) in [4.78, 5) is 8.51. The lowest BCUT2D eigenvalue weighted by molar-refractivity contribution is 0.610. The fourth-order valence-electron chi connectivity index (χ4n) is 2.04. The van der Waals surface area contributed by atoms with Gasteiger partial charge in [-0.2, -0.15) is 0 Å². The van der Waals surface area contributed by atoms with Crippen molar-refractivity contribution in [1.29, 1.82) is 0 Å². The van der Waals surface area contributed by atoms with Gasteiger partial charge in [-0.3, -0.25) is 9.98 Å². The molecule has 1 aromatic rings. The minimum Gasteiger partial charge on any atom is -0.357 e. The number of hydrogen-bond donors (Lipinski definition) is 1. The van der Waals surface area contributed by atoms with Crippen LogP contribution in [0.25, 0.3) is 0 Å². The van der Waals surface area contributed by atoms with Crippen LogP contribution in [0.3, 0.4) is 0 Å². The molecule has 0 aliphatic carbocycles. The van der Waals surface area contributed by atoms with Gasteiger partial charge >= 0.3 is 0 Å². The average Bonchev–Trinajstić information content (AvgIpc) is 2.50. The van der Waals surface area contributed by atoms with E-state index in [1.807, 2.05) is 13.8 Å². The number of halogens is 2. The molecule has 0 bridgehead atoms. The van der Waals surface area contributed by atoms with E-state index in [0.717, 1.165) is 24.1 Å². The van der Waals surface area contributed by atoms with Crippen molar-refractivity contribution < 1.29 is 4.39 Å². The SMILES string of the molecule is C=N/C(CC)=C(/CC)C(=NCc1ccccc1F)NCCl. The summed E-state index contributed by atoms with van der Waals surface area (Å²) < 4.78 is 13.6. The van der Waals surface area contributed by atoms with E-state index in [1.54, 1.807) is 18.2 Å².